The number of hydrogen-bond acceptors (Lipinski definition) is 4. The van der Waals surface area contributed by atoms with E-state index in [0.29, 0.717) is 37.9 Å². The van der Waals surface area contributed by atoms with E-state index in [-0.39, 0.29) is 11.9 Å². The molecule has 1 aliphatic carbocycles. The van der Waals surface area contributed by atoms with Crippen LogP contribution in [0.3, 0.4) is 0 Å². The highest BCUT2D eigenvalue weighted by atomic mass is 16.6. The van der Waals surface area contributed by atoms with Gasteiger partial charge in [-0.2, -0.15) is 0 Å². The minimum absolute atomic E-state index is 0.297. The highest BCUT2D eigenvalue weighted by molar-refractivity contribution is 6.00. The van der Waals surface area contributed by atoms with Gasteiger partial charge in [-0.3, -0.25) is 9.59 Å². The van der Waals surface area contributed by atoms with Gasteiger partial charge in [0, 0.05) is 0 Å². The van der Waals surface area contributed by atoms with Crippen molar-refractivity contribution in [1.29, 1.82) is 0 Å². The number of carbonyl (C=O) groups excluding carboxylic acids is 2. The highest BCUT2D eigenvalue weighted by Gasteiger charge is 2.48. The quantitative estimate of drug-likeness (QED) is 0.419. The number of carbonyl (C=O) groups is 2. The zero-order chi connectivity index (χ0) is 18.0. The first-order valence-electron chi connectivity index (χ1n) is 9.80. The zero-order valence-electron chi connectivity index (χ0n) is 16.1. The Bertz CT molecular complexity index is 365. The van der Waals surface area contributed by atoms with Gasteiger partial charge < -0.3 is 9.47 Å². The summed E-state index contributed by atoms with van der Waals surface area (Å²) >= 11 is 0. The lowest BCUT2D eigenvalue weighted by molar-refractivity contribution is -0.174. The van der Waals surface area contributed by atoms with Gasteiger partial charge in [0.15, 0.2) is 5.41 Å². The molecule has 0 aromatic heterocycles. The molecule has 1 rings (SSSR count). The Balaban J connectivity index is 2.92. The molecule has 1 fully saturated rings. The fourth-order valence-corrected chi connectivity index (χ4v) is 3.62. The molecule has 0 bridgehead atoms. The summed E-state index contributed by atoms with van der Waals surface area (Å²) in [6, 6.07) is 0. The Kier molecular flexibility index (Phi) is 9.38. The van der Waals surface area contributed by atoms with Crippen LogP contribution in [0.2, 0.25) is 0 Å². The Morgan fingerprint density at radius 1 is 0.958 bits per heavy atom. The van der Waals surface area contributed by atoms with Gasteiger partial charge in [0.1, 0.15) is 0 Å². The molecule has 0 aromatic carbocycles. The maximum Gasteiger partial charge on any atom is 0.323 e. The summed E-state index contributed by atoms with van der Waals surface area (Å²) in [7, 11) is 0. The van der Waals surface area contributed by atoms with E-state index in [4.69, 9.17) is 9.47 Å². The third-order valence-corrected chi connectivity index (χ3v) is 5.18. The van der Waals surface area contributed by atoms with Gasteiger partial charge in [0.25, 0.3) is 0 Å². The highest BCUT2D eigenvalue weighted by Crippen LogP contribution is 2.38. The summed E-state index contributed by atoms with van der Waals surface area (Å²) in [5.74, 6) is 0.281. The second kappa shape index (κ2) is 10.7. The molecule has 0 aliphatic heterocycles. The number of esters is 2. The molecule has 0 N–H and O–H groups in total. The van der Waals surface area contributed by atoms with Gasteiger partial charge in [0.2, 0.25) is 0 Å². The Labute approximate surface area is 147 Å². The first-order chi connectivity index (χ1) is 11.5. The molecule has 4 heteroatoms. The summed E-state index contributed by atoms with van der Waals surface area (Å²) in [5, 5.41) is 0. The molecule has 24 heavy (non-hydrogen) atoms. The van der Waals surface area contributed by atoms with Crippen molar-refractivity contribution < 1.29 is 19.1 Å². The maximum absolute atomic E-state index is 12.7. The van der Waals surface area contributed by atoms with Crippen LogP contribution in [0.25, 0.3) is 0 Å². The molecule has 0 atom stereocenters. The van der Waals surface area contributed by atoms with Crippen molar-refractivity contribution in [2.24, 2.45) is 17.3 Å². The van der Waals surface area contributed by atoms with E-state index in [9.17, 15) is 9.59 Å². The fraction of sp³-hybridized carbons (Fsp3) is 0.900. The van der Waals surface area contributed by atoms with Crippen molar-refractivity contribution in [2.45, 2.75) is 85.5 Å². The van der Waals surface area contributed by atoms with Gasteiger partial charge in [-0.15, -0.1) is 0 Å². The summed E-state index contributed by atoms with van der Waals surface area (Å²) in [4.78, 5) is 25.5. The predicted octanol–water partition coefficient (Wildman–Crippen LogP) is 4.90. The summed E-state index contributed by atoms with van der Waals surface area (Å²) in [5.41, 5.74) is -1.12. The molecular formula is C20H36O4. The van der Waals surface area contributed by atoms with Crippen molar-refractivity contribution >= 4 is 11.9 Å². The van der Waals surface area contributed by atoms with E-state index in [1.54, 1.807) is 13.8 Å². The van der Waals surface area contributed by atoms with Crippen molar-refractivity contribution in [2.75, 3.05) is 13.2 Å². The maximum atomic E-state index is 12.7. The predicted molar refractivity (Wildman–Crippen MR) is 95.6 cm³/mol. The minimum Gasteiger partial charge on any atom is -0.465 e. The topological polar surface area (TPSA) is 52.6 Å². The van der Waals surface area contributed by atoms with E-state index >= 15 is 0 Å². The lowest BCUT2D eigenvalue weighted by Gasteiger charge is -2.32. The lowest BCUT2D eigenvalue weighted by atomic mass is 9.74. The van der Waals surface area contributed by atoms with E-state index in [1.807, 2.05) is 0 Å². The molecule has 0 radical (unpaired) electrons. The van der Waals surface area contributed by atoms with Crippen molar-refractivity contribution in [1.82, 2.24) is 0 Å². The fourth-order valence-electron chi connectivity index (χ4n) is 3.62. The van der Waals surface area contributed by atoms with E-state index < -0.39 is 5.41 Å². The lowest BCUT2D eigenvalue weighted by Crippen LogP contribution is -2.43. The molecule has 140 valence electrons. The summed E-state index contributed by atoms with van der Waals surface area (Å²) in [6.07, 6.45) is 9.09. The van der Waals surface area contributed by atoms with Crippen molar-refractivity contribution in [3.63, 3.8) is 0 Å². The SMILES string of the molecule is CCOC(=O)C(CCC(C)C)(CCC1CCCCC1)C(=O)OCC. The molecule has 0 aromatic rings. The molecule has 4 nitrogen and oxygen atoms in total. The van der Waals surface area contributed by atoms with Crippen molar-refractivity contribution in [3.05, 3.63) is 0 Å². The minimum atomic E-state index is -1.12. The first kappa shape index (κ1) is 21.0. The molecular weight excluding hydrogens is 304 g/mol. The molecule has 0 saturated heterocycles. The molecule has 0 amide bonds. The van der Waals surface area contributed by atoms with Crippen LogP contribution >= 0.6 is 0 Å². The van der Waals surface area contributed by atoms with Gasteiger partial charge >= 0.3 is 11.9 Å². The molecule has 0 heterocycles. The Morgan fingerprint density at radius 3 is 1.96 bits per heavy atom. The molecule has 0 spiro atoms. The zero-order valence-corrected chi connectivity index (χ0v) is 16.1. The summed E-state index contributed by atoms with van der Waals surface area (Å²) < 4.78 is 10.6. The van der Waals surface area contributed by atoms with Crippen LogP contribution in [-0.4, -0.2) is 25.2 Å². The van der Waals surface area contributed by atoms with Gasteiger partial charge in [0.05, 0.1) is 13.2 Å². The molecule has 1 aliphatic rings. The van der Waals surface area contributed by atoms with Gasteiger partial charge in [-0.25, -0.2) is 0 Å². The second-order valence-electron chi connectivity index (χ2n) is 7.50. The first-order valence-corrected chi connectivity index (χ1v) is 9.80. The van der Waals surface area contributed by atoms with Crippen LogP contribution in [0, 0.1) is 17.3 Å². The van der Waals surface area contributed by atoms with Crippen LogP contribution < -0.4 is 0 Å². The van der Waals surface area contributed by atoms with Crippen molar-refractivity contribution in [3.8, 4) is 0 Å². The number of rotatable bonds is 10. The molecule has 1 saturated carbocycles. The smallest absolute Gasteiger partial charge is 0.323 e. The van der Waals surface area contributed by atoms with Crippen LogP contribution in [0.15, 0.2) is 0 Å². The van der Waals surface area contributed by atoms with Crippen LogP contribution in [-0.2, 0) is 19.1 Å². The summed E-state index contributed by atoms with van der Waals surface area (Å²) in [6.45, 7) is 8.40. The van der Waals surface area contributed by atoms with E-state index in [0.717, 1.165) is 12.8 Å². The number of hydrogen-bond donors (Lipinski definition) is 0. The van der Waals surface area contributed by atoms with E-state index in [1.165, 1.54) is 32.1 Å². The number of ether oxygens (including phenoxy) is 2. The second-order valence-corrected chi connectivity index (χ2v) is 7.50. The van der Waals surface area contributed by atoms with Gasteiger partial charge in [-0.05, 0) is 51.4 Å². The van der Waals surface area contributed by atoms with Crippen LogP contribution in [0.4, 0.5) is 0 Å². The molecule has 0 unspecified atom stereocenters. The van der Waals surface area contributed by atoms with E-state index in [2.05, 4.69) is 13.8 Å². The third-order valence-electron chi connectivity index (χ3n) is 5.18. The monoisotopic (exact) mass is 340 g/mol. The van der Waals surface area contributed by atoms with Crippen LogP contribution in [0.5, 0.6) is 0 Å². The third kappa shape index (κ3) is 6.10. The standard InChI is InChI=1S/C20H36O4/c1-5-23-18(21)20(14-12-16(3)4,19(22)24-6-2)15-13-17-10-8-7-9-11-17/h16-17H,5-15H2,1-4H3. The average molecular weight is 341 g/mol. The Hall–Kier alpha value is -1.06. The normalized spacial score (nSPS) is 16.2. The van der Waals surface area contributed by atoms with Gasteiger partial charge in [-0.1, -0.05) is 46.0 Å². The Morgan fingerprint density at radius 2 is 1.50 bits per heavy atom. The van der Waals surface area contributed by atoms with Crippen LogP contribution in [0.1, 0.15) is 85.5 Å². The average Bonchev–Trinajstić information content (AvgIpc) is 2.56. The largest absolute Gasteiger partial charge is 0.465 e.